The Balaban J connectivity index is 3.30. The van der Waals surface area contributed by atoms with Gasteiger partial charge in [-0.25, -0.2) is 8.42 Å². The van der Waals surface area contributed by atoms with Crippen molar-refractivity contribution < 1.29 is 13.2 Å². The molecule has 1 unspecified atom stereocenters. The second-order valence-electron chi connectivity index (χ2n) is 2.80. The molecule has 1 aromatic carbocycles. The number of halogens is 1. The summed E-state index contributed by atoms with van der Waals surface area (Å²) in [5.41, 5.74) is 10.1. The molecule has 15 heavy (non-hydrogen) atoms. The molecule has 0 aliphatic heterocycles. The van der Waals surface area contributed by atoms with Gasteiger partial charge in [0.25, 0.3) is 0 Å². The van der Waals surface area contributed by atoms with Gasteiger partial charge < -0.3 is 11.5 Å². The fraction of sp³-hybridized carbons (Fsp3) is 0.125. The molecule has 82 valence electrons. The van der Waals surface area contributed by atoms with Crippen LogP contribution in [0.15, 0.2) is 33.6 Å². The van der Waals surface area contributed by atoms with Gasteiger partial charge in [-0.3, -0.25) is 4.79 Å². The lowest BCUT2D eigenvalue weighted by Crippen LogP contribution is -2.43. The number of primary amides is 1. The van der Waals surface area contributed by atoms with Gasteiger partial charge >= 0.3 is 0 Å². The third kappa shape index (κ3) is 2.36. The molecule has 1 aromatic rings. The lowest BCUT2D eigenvalue weighted by Gasteiger charge is -2.10. The zero-order chi connectivity index (χ0) is 11.6. The van der Waals surface area contributed by atoms with E-state index in [4.69, 9.17) is 11.5 Å². The molecule has 0 saturated heterocycles. The fourth-order valence-corrected chi connectivity index (χ4v) is 3.11. The Morgan fingerprint density at radius 2 is 1.87 bits per heavy atom. The van der Waals surface area contributed by atoms with Gasteiger partial charge in [-0.1, -0.05) is 12.1 Å². The topological polar surface area (TPSA) is 103 Å². The van der Waals surface area contributed by atoms with Crippen LogP contribution in [0.4, 0.5) is 0 Å². The van der Waals surface area contributed by atoms with Crippen LogP contribution in [0.3, 0.4) is 0 Å². The van der Waals surface area contributed by atoms with Gasteiger partial charge in [0.1, 0.15) is 0 Å². The highest BCUT2D eigenvalue weighted by atomic mass is 79.9. The van der Waals surface area contributed by atoms with Crippen molar-refractivity contribution in [3.8, 4) is 0 Å². The van der Waals surface area contributed by atoms with Gasteiger partial charge in [0.05, 0.1) is 4.90 Å². The number of hydrogen-bond acceptors (Lipinski definition) is 4. The van der Waals surface area contributed by atoms with Crippen LogP contribution >= 0.6 is 15.9 Å². The van der Waals surface area contributed by atoms with Crippen LogP contribution in [0.5, 0.6) is 0 Å². The van der Waals surface area contributed by atoms with Crippen LogP contribution in [0.2, 0.25) is 0 Å². The number of nitrogens with two attached hydrogens (primary N) is 2. The first-order valence-corrected chi connectivity index (χ1v) is 6.24. The smallest absolute Gasteiger partial charge is 0.250 e. The molecule has 1 atom stereocenters. The van der Waals surface area contributed by atoms with E-state index in [1.54, 1.807) is 12.1 Å². The Morgan fingerprint density at radius 1 is 1.33 bits per heavy atom. The summed E-state index contributed by atoms with van der Waals surface area (Å²) in [7, 11) is -3.91. The van der Waals surface area contributed by atoms with Crippen molar-refractivity contribution in [2.24, 2.45) is 11.5 Å². The van der Waals surface area contributed by atoms with Crippen LogP contribution in [-0.2, 0) is 14.6 Å². The third-order valence-electron chi connectivity index (χ3n) is 1.76. The van der Waals surface area contributed by atoms with E-state index in [9.17, 15) is 13.2 Å². The molecule has 0 aliphatic rings. The van der Waals surface area contributed by atoms with E-state index in [0.717, 1.165) is 0 Å². The number of carbonyl (C=O) groups excluding carboxylic acids is 1. The quantitative estimate of drug-likeness (QED) is 0.818. The summed E-state index contributed by atoms with van der Waals surface area (Å²) >= 11 is 3.06. The maximum Gasteiger partial charge on any atom is 0.250 e. The van der Waals surface area contributed by atoms with Gasteiger partial charge in [0.15, 0.2) is 5.37 Å². The number of amides is 1. The molecular formula is C8H9BrN2O3S. The van der Waals surface area contributed by atoms with Crippen molar-refractivity contribution in [2.45, 2.75) is 10.3 Å². The van der Waals surface area contributed by atoms with Gasteiger partial charge in [-0.15, -0.1) is 0 Å². The fourth-order valence-electron chi connectivity index (χ4n) is 0.965. The van der Waals surface area contributed by atoms with Crippen molar-refractivity contribution in [3.05, 3.63) is 28.7 Å². The minimum atomic E-state index is -3.91. The van der Waals surface area contributed by atoms with Crippen LogP contribution in [0.25, 0.3) is 0 Å². The highest BCUT2D eigenvalue weighted by molar-refractivity contribution is 9.10. The zero-order valence-electron chi connectivity index (χ0n) is 7.55. The Kier molecular flexibility index (Phi) is 3.48. The summed E-state index contributed by atoms with van der Waals surface area (Å²) < 4.78 is 23.8. The van der Waals surface area contributed by atoms with Crippen LogP contribution in [-0.4, -0.2) is 19.7 Å². The Morgan fingerprint density at radius 3 is 2.33 bits per heavy atom. The highest BCUT2D eigenvalue weighted by Gasteiger charge is 2.29. The predicted molar refractivity (Wildman–Crippen MR) is 58.5 cm³/mol. The van der Waals surface area contributed by atoms with E-state index >= 15 is 0 Å². The maximum atomic E-state index is 11.7. The third-order valence-corrected chi connectivity index (χ3v) is 4.58. The first-order chi connectivity index (χ1) is 6.87. The molecule has 0 aromatic heterocycles. The van der Waals surface area contributed by atoms with Gasteiger partial charge in [-0.2, -0.15) is 0 Å². The molecule has 0 bridgehead atoms. The number of carbonyl (C=O) groups is 1. The molecule has 4 N–H and O–H groups in total. The van der Waals surface area contributed by atoms with E-state index in [2.05, 4.69) is 15.9 Å². The molecule has 0 radical (unpaired) electrons. The minimum Gasteiger partial charge on any atom is -0.367 e. The first-order valence-electron chi connectivity index (χ1n) is 3.90. The van der Waals surface area contributed by atoms with Crippen LogP contribution in [0.1, 0.15) is 0 Å². The highest BCUT2D eigenvalue weighted by Crippen LogP contribution is 2.23. The molecule has 0 heterocycles. The summed E-state index contributed by atoms with van der Waals surface area (Å²) in [6, 6.07) is 6.08. The zero-order valence-corrected chi connectivity index (χ0v) is 9.95. The molecular weight excluding hydrogens is 284 g/mol. The molecule has 0 saturated carbocycles. The van der Waals surface area contributed by atoms with E-state index in [0.29, 0.717) is 4.47 Å². The molecule has 7 heteroatoms. The first kappa shape index (κ1) is 12.2. The largest absolute Gasteiger partial charge is 0.367 e. The van der Waals surface area contributed by atoms with Crippen molar-refractivity contribution in [3.63, 3.8) is 0 Å². The van der Waals surface area contributed by atoms with E-state index in [-0.39, 0.29) is 4.90 Å². The Bertz CT molecular complexity index is 486. The molecule has 1 rings (SSSR count). The summed E-state index contributed by atoms with van der Waals surface area (Å²) in [6.45, 7) is 0. The van der Waals surface area contributed by atoms with Crippen molar-refractivity contribution in [2.75, 3.05) is 0 Å². The summed E-state index contributed by atoms with van der Waals surface area (Å²) in [5, 5.41) is -1.73. The van der Waals surface area contributed by atoms with Crippen molar-refractivity contribution in [1.82, 2.24) is 0 Å². The van der Waals surface area contributed by atoms with Crippen molar-refractivity contribution >= 4 is 31.7 Å². The number of sulfone groups is 1. The second-order valence-corrected chi connectivity index (χ2v) is 5.69. The lowest BCUT2D eigenvalue weighted by molar-refractivity contribution is -0.117. The second kappa shape index (κ2) is 4.30. The van der Waals surface area contributed by atoms with E-state index < -0.39 is 21.1 Å². The molecule has 0 fully saturated rings. The SMILES string of the molecule is NC(=O)C(N)S(=O)(=O)c1ccccc1Br. The maximum absolute atomic E-state index is 11.7. The number of rotatable bonds is 3. The predicted octanol–water partition coefficient (Wildman–Crippen LogP) is -0.00710. The minimum absolute atomic E-state index is 0.0451. The number of benzene rings is 1. The van der Waals surface area contributed by atoms with Crippen LogP contribution < -0.4 is 11.5 Å². The summed E-state index contributed by atoms with van der Waals surface area (Å²) in [6.07, 6.45) is 0. The van der Waals surface area contributed by atoms with Crippen molar-refractivity contribution in [1.29, 1.82) is 0 Å². The average Bonchev–Trinajstić information content (AvgIpc) is 2.16. The number of hydrogen-bond donors (Lipinski definition) is 2. The van der Waals surface area contributed by atoms with Gasteiger partial charge in [0.2, 0.25) is 15.7 Å². The van der Waals surface area contributed by atoms with Crippen LogP contribution in [0, 0.1) is 0 Å². The molecule has 0 aliphatic carbocycles. The molecule has 5 nitrogen and oxygen atoms in total. The Hall–Kier alpha value is -0.920. The monoisotopic (exact) mass is 292 g/mol. The molecule has 0 spiro atoms. The van der Waals surface area contributed by atoms with E-state index in [1.165, 1.54) is 12.1 Å². The normalized spacial score (nSPS) is 13.5. The van der Waals surface area contributed by atoms with E-state index in [1.807, 2.05) is 0 Å². The summed E-state index contributed by atoms with van der Waals surface area (Å²) in [4.78, 5) is 10.7. The standard InChI is InChI=1S/C8H9BrN2O3S/c9-5-3-1-2-4-6(5)15(13,14)8(11)7(10)12/h1-4,8H,11H2,(H2,10,12). The molecule has 1 amide bonds. The lowest BCUT2D eigenvalue weighted by atomic mass is 10.4. The van der Waals surface area contributed by atoms with Gasteiger partial charge in [-0.05, 0) is 28.1 Å². The van der Waals surface area contributed by atoms with Gasteiger partial charge in [0, 0.05) is 4.47 Å². The Labute approximate surface area is 95.5 Å². The summed E-state index contributed by atoms with van der Waals surface area (Å²) in [5.74, 6) is -1.08. The average molecular weight is 293 g/mol.